The van der Waals surface area contributed by atoms with Crippen molar-refractivity contribution in [1.82, 2.24) is 4.90 Å². The van der Waals surface area contributed by atoms with Crippen molar-refractivity contribution in [1.29, 1.82) is 0 Å². The molecule has 0 spiro atoms. The second-order valence-corrected chi connectivity index (χ2v) is 7.57. The summed E-state index contributed by atoms with van der Waals surface area (Å²) < 4.78 is 17.2. The van der Waals surface area contributed by atoms with Gasteiger partial charge >= 0.3 is 6.09 Å². The van der Waals surface area contributed by atoms with Crippen LogP contribution in [0.25, 0.3) is 0 Å². The number of benzene rings is 1. The number of rotatable bonds is 3. The molecule has 0 aromatic heterocycles. The lowest BCUT2D eigenvalue weighted by atomic mass is 10.0. The lowest BCUT2D eigenvalue weighted by Crippen LogP contribution is -2.57. The van der Waals surface area contributed by atoms with Crippen LogP contribution < -0.4 is 5.32 Å². The third-order valence-corrected chi connectivity index (χ3v) is 5.31. The second-order valence-electron chi connectivity index (χ2n) is 6.09. The molecule has 1 N–H and O–H groups in total. The van der Waals surface area contributed by atoms with Gasteiger partial charge < -0.3 is 9.64 Å². The maximum atomic E-state index is 13.0. The van der Waals surface area contributed by atoms with Gasteiger partial charge in [-0.15, -0.1) is 23.2 Å². The molecule has 1 unspecified atom stereocenters. The van der Waals surface area contributed by atoms with Gasteiger partial charge in [0, 0.05) is 5.69 Å². The number of carbonyl (C=O) groups excluding carboxylic acids is 2. The molecule has 124 valence electrons. The summed E-state index contributed by atoms with van der Waals surface area (Å²) in [5.74, 6) is -0.584. The normalized spacial score (nSPS) is 25.5. The van der Waals surface area contributed by atoms with Gasteiger partial charge in [0.2, 0.25) is 5.91 Å². The minimum Gasteiger partial charge on any atom is -0.442 e. The SMILES string of the molecule is CC1(C(=O)N2CC(OC(=O)Nc3cccc(F)c3)C2)CC1(Cl)Cl. The molecule has 1 heterocycles. The van der Waals surface area contributed by atoms with E-state index < -0.39 is 27.8 Å². The molecule has 1 aliphatic heterocycles. The molecule has 1 saturated carbocycles. The van der Waals surface area contributed by atoms with Gasteiger partial charge in [0.05, 0.1) is 18.5 Å². The minimum absolute atomic E-state index is 0.132. The van der Waals surface area contributed by atoms with Gasteiger partial charge in [-0.3, -0.25) is 10.1 Å². The third kappa shape index (κ3) is 3.10. The fourth-order valence-electron chi connectivity index (χ4n) is 2.52. The molecular formula is C15H15Cl2FN2O3. The summed E-state index contributed by atoms with van der Waals surface area (Å²) in [6, 6.07) is 5.50. The first-order valence-corrected chi connectivity index (χ1v) is 7.87. The van der Waals surface area contributed by atoms with Crippen molar-refractivity contribution < 1.29 is 18.7 Å². The Kier molecular flexibility index (Phi) is 3.92. The Balaban J connectivity index is 1.45. The molecule has 2 aliphatic rings. The fourth-order valence-corrected chi connectivity index (χ4v) is 3.22. The summed E-state index contributed by atoms with van der Waals surface area (Å²) in [5.41, 5.74) is -0.452. The van der Waals surface area contributed by atoms with E-state index in [4.69, 9.17) is 27.9 Å². The molecule has 23 heavy (non-hydrogen) atoms. The number of likely N-dealkylation sites (tertiary alicyclic amines) is 1. The Labute approximate surface area is 142 Å². The third-order valence-electron chi connectivity index (χ3n) is 4.21. The van der Waals surface area contributed by atoms with Gasteiger partial charge in [0.1, 0.15) is 16.3 Å². The van der Waals surface area contributed by atoms with Crippen LogP contribution in [0.4, 0.5) is 14.9 Å². The van der Waals surface area contributed by atoms with Gasteiger partial charge in [-0.05, 0) is 31.5 Å². The zero-order valence-corrected chi connectivity index (χ0v) is 13.8. The first-order chi connectivity index (χ1) is 10.7. The van der Waals surface area contributed by atoms with E-state index in [1.54, 1.807) is 17.9 Å². The highest BCUT2D eigenvalue weighted by atomic mass is 35.5. The number of nitrogens with zero attached hydrogens (tertiary/aromatic N) is 1. The fraction of sp³-hybridized carbons (Fsp3) is 0.467. The largest absolute Gasteiger partial charge is 0.442 e. The van der Waals surface area contributed by atoms with Crippen LogP contribution in [0.3, 0.4) is 0 Å². The molecule has 5 nitrogen and oxygen atoms in total. The molecule has 8 heteroatoms. The van der Waals surface area contributed by atoms with Gasteiger partial charge in [0.15, 0.2) is 0 Å². The molecule has 1 aromatic carbocycles. The standard InChI is InChI=1S/C15H15Cl2FN2O3/c1-14(8-15(14,16)17)12(21)20-6-11(7-20)23-13(22)19-10-4-2-3-9(18)5-10/h2-5,11H,6-8H2,1H3,(H,19,22). The quantitative estimate of drug-likeness (QED) is 0.842. The summed E-state index contributed by atoms with van der Waals surface area (Å²) in [4.78, 5) is 25.5. The van der Waals surface area contributed by atoms with E-state index in [2.05, 4.69) is 5.32 Å². The summed E-state index contributed by atoms with van der Waals surface area (Å²) in [6.45, 7) is 2.32. The highest BCUT2D eigenvalue weighted by molar-refractivity contribution is 6.53. The zero-order chi connectivity index (χ0) is 16.8. The molecule has 1 atom stereocenters. The average Bonchev–Trinajstić information content (AvgIpc) is 2.93. The van der Waals surface area contributed by atoms with Crippen molar-refractivity contribution in [2.75, 3.05) is 18.4 Å². The van der Waals surface area contributed by atoms with E-state index in [9.17, 15) is 14.0 Å². The number of halogens is 3. The Morgan fingerprint density at radius 3 is 2.61 bits per heavy atom. The van der Waals surface area contributed by atoms with Gasteiger partial charge in [0.25, 0.3) is 0 Å². The van der Waals surface area contributed by atoms with Gasteiger partial charge in [-0.25, -0.2) is 9.18 Å². The highest BCUT2D eigenvalue weighted by Crippen LogP contribution is 2.64. The average molecular weight is 361 g/mol. The van der Waals surface area contributed by atoms with Crippen LogP contribution in [0.1, 0.15) is 13.3 Å². The summed E-state index contributed by atoms with van der Waals surface area (Å²) in [7, 11) is 0. The van der Waals surface area contributed by atoms with Gasteiger partial charge in [-0.2, -0.15) is 0 Å². The number of ether oxygens (including phenoxy) is 1. The lowest BCUT2D eigenvalue weighted by molar-refractivity contribution is -0.146. The van der Waals surface area contributed by atoms with E-state index in [0.717, 1.165) is 0 Å². The molecule has 1 saturated heterocycles. The van der Waals surface area contributed by atoms with Crippen molar-refractivity contribution in [3.63, 3.8) is 0 Å². The summed E-state index contributed by atoms with van der Waals surface area (Å²) >= 11 is 12.0. The number of alkyl halides is 2. The number of amides is 2. The first-order valence-electron chi connectivity index (χ1n) is 7.12. The molecule has 1 aliphatic carbocycles. The Hall–Kier alpha value is -1.53. The van der Waals surface area contributed by atoms with Crippen molar-refractivity contribution in [3.05, 3.63) is 30.1 Å². The van der Waals surface area contributed by atoms with Crippen molar-refractivity contribution in [2.24, 2.45) is 5.41 Å². The molecule has 1 aromatic rings. The Morgan fingerprint density at radius 2 is 2.04 bits per heavy atom. The number of nitrogens with one attached hydrogen (secondary N) is 1. The molecular weight excluding hydrogens is 346 g/mol. The van der Waals surface area contributed by atoms with Crippen LogP contribution in [-0.4, -0.2) is 40.4 Å². The predicted molar refractivity (Wildman–Crippen MR) is 84.0 cm³/mol. The number of hydrogen-bond acceptors (Lipinski definition) is 3. The molecule has 2 fully saturated rings. The van der Waals surface area contributed by atoms with Crippen LogP contribution >= 0.6 is 23.2 Å². The van der Waals surface area contributed by atoms with Crippen molar-refractivity contribution in [3.8, 4) is 0 Å². The molecule has 0 bridgehead atoms. The van der Waals surface area contributed by atoms with Crippen LogP contribution in [0, 0.1) is 11.2 Å². The van der Waals surface area contributed by atoms with Crippen LogP contribution in [-0.2, 0) is 9.53 Å². The predicted octanol–water partition coefficient (Wildman–Crippen LogP) is 3.17. The maximum Gasteiger partial charge on any atom is 0.412 e. The maximum absolute atomic E-state index is 13.0. The number of anilines is 1. The number of carbonyl (C=O) groups is 2. The topological polar surface area (TPSA) is 58.6 Å². The Morgan fingerprint density at radius 1 is 1.39 bits per heavy atom. The number of hydrogen-bond donors (Lipinski definition) is 1. The van der Waals surface area contributed by atoms with Crippen molar-refractivity contribution >= 4 is 40.9 Å². The minimum atomic E-state index is -1.01. The van der Waals surface area contributed by atoms with E-state index in [-0.39, 0.29) is 5.91 Å². The van der Waals surface area contributed by atoms with Gasteiger partial charge in [-0.1, -0.05) is 6.07 Å². The van der Waals surface area contributed by atoms with E-state index in [1.807, 2.05) is 0 Å². The summed E-state index contributed by atoms with van der Waals surface area (Å²) in [5, 5.41) is 2.43. The lowest BCUT2D eigenvalue weighted by Gasteiger charge is -2.40. The Bertz CT molecular complexity index is 664. The van der Waals surface area contributed by atoms with Crippen molar-refractivity contribution in [2.45, 2.75) is 23.8 Å². The second kappa shape index (κ2) is 5.53. The smallest absolute Gasteiger partial charge is 0.412 e. The van der Waals surface area contributed by atoms with Crippen LogP contribution in [0.2, 0.25) is 0 Å². The van der Waals surface area contributed by atoms with Crippen LogP contribution in [0.15, 0.2) is 24.3 Å². The molecule has 3 rings (SSSR count). The first kappa shape index (κ1) is 16.3. The summed E-state index contributed by atoms with van der Waals surface area (Å²) in [6.07, 6.45) is -0.659. The van der Waals surface area contributed by atoms with E-state index in [0.29, 0.717) is 25.2 Å². The van der Waals surface area contributed by atoms with E-state index >= 15 is 0 Å². The molecule has 2 amide bonds. The highest BCUT2D eigenvalue weighted by Gasteiger charge is 2.69. The van der Waals surface area contributed by atoms with E-state index in [1.165, 1.54) is 18.2 Å². The molecule has 0 radical (unpaired) electrons. The monoisotopic (exact) mass is 360 g/mol. The van der Waals surface area contributed by atoms with Crippen LogP contribution in [0.5, 0.6) is 0 Å². The zero-order valence-electron chi connectivity index (χ0n) is 12.3.